The lowest BCUT2D eigenvalue weighted by atomic mass is 10.2. The van der Waals surface area contributed by atoms with Gasteiger partial charge < -0.3 is 13.8 Å². The Morgan fingerprint density at radius 3 is 2.92 bits per heavy atom. The van der Waals surface area contributed by atoms with E-state index in [-0.39, 0.29) is 6.04 Å². The molecule has 0 unspecified atom stereocenters. The fourth-order valence-electron chi connectivity index (χ4n) is 2.52. The highest BCUT2D eigenvalue weighted by atomic mass is 16.5. The molecule has 1 aromatic carbocycles. The Hall–Kier alpha value is -3.48. The van der Waals surface area contributed by atoms with Crippen LogP contribution in [0, 0.1) is 0 Å². The van der Waals surface area contributed by atoms with Crippen LogP contribution in [-0.4, -0.2) is 24.7 Å². The molecule has 7 heteroatoms. The third-order valence-corrected chi connectivity index (χ3v) is 3.99. The molecule has 3 heterocycles. The lowest BCUT2D eigenvalue weighted by molar-refractivity contribution is 0.306. The van der Waals surface area contributed by atoms with Crippen molar-refractivity contribution < 1.29 is 9.26 Å². The quantitative estimate of drug-likeness (QED) is 0.531. The second-order valence-electron chi connectivity index (χ2n) is 5.82. The third kappa shape index (κ3) is 3.46. The molecule has 4 aromatic rings. The van der Waals surface area contributed by atoms with E-state index in [4.69, 9.17) is 9.26 Å². The summed E-state index contributed by atoms with van der Waals surface area (Å²) in [5, 5.41) is 4.09. The Bertz CT molecular complexity index is 967. The van der Waals surface area contributed by atoms with Crippen molar-refractivity contribution in [3.63, 3.8) is 0 Å². The first-order valence-electron chi connectivity index (χ1n) is 8.23. The Kier molecular flexibility index (Phi) is 4.42. The van der Waals surface area contributed by atoms with Gasteiger partial charge in [-0.3, -0.25) is 4.98 Å². The number of imidazole rings is 1. The number of hydrogen-bond donors (Lipinski definition) is 0. The summed E-state index contributed by atoms with van der Waals surface area (Å²) in [6.07, 6.45) is 8.83. The number of ether oxygens (including phenoxy) is 1. The zero-order valence-corrected chi connectivity index (χ0v) is 14.2. The molecule has 7 nitrogen and oxygen atoms in total. The molecule has 0 fully saturated rings. The lowest BCUT2D eigenvalue weighted by Crippen LogP contribution is -2.04. The fourth-order valence-corrected chi connectivity index (χ4v) is 2.52. The molecule has 0 spiro atoms. The summed E-state index contributed by atoms with van der Waals surface area (Å²) in [6.45, 7) is 2.43. The van der Waals surface area contributed by atoms with Gasteiger partial charge in [0.2, 0.25) is 11.7 Å². The standard InChI is InChI=1S/C19H17N5O2/c1-14(24-9-8-21-13-24)19-22-18(23-26-19)16-5-2-6-17(10-16)25-12-15-4-3-7-20-11-15/h2-11,13-14H,12H2,1H3/t14-/m1/s1. The normalized spacial score (nSPS) is 12.0. The van der Waals surface area contributed by atoms with E-state index in [1.807, 2.05) is 54.1 Å². The minimum atomic E-state index is -0.0798. The molecule has 3 aromatic heterocycles. The molecule has 130 valence electrons. The number of benzene rings is 1. The molecule has 0 aliphatic heterocycles. The van der Waals surface area contributed by atoms with Gasteiger partial charge in [-0.05, 0) is 25.1 Å². The largest absolute Gasteiger partial charge is 0.489 e. The number of rotatable bonds is 6. The highest BCUT2D eigenvalue weighted by Gasteiger charge is 2.16. The number of hydrogen-bond acceptors (Lipinski definition) is 6. The van der Waals surface area contributed by atoms with Gasteiger partial charge in [0.25, 0.3) is 0 Å². The predicted molar refractivity (Wildman–Crippen MR) is 94.3 cm³/mol. The molecule has 0 aliphatic carbocycles. The van der Waals surface area contributed by atoms with Crippen molar-refractivity contribution >= 4 is 0 Å². The SMILES string of the molecule is C[C@H](c1nc(-c2cccc(OCc3cccnc3)c2)no1)n1ccnc1. The fraction of sp³-hybridized carbons (Fsp3) is 0.158. The molecular weight excluding hydrogens is 330 g/mol. The number of aromatic nitrogens is 5. The van der Waals surface area contributed by atoms with Crippen molar-refractivity contribution in [1.82, 2.24) is 24.7 Å². The summed E-state index contributed by atoms with van der Waals surface area (Å²) in [4.78, 5) is 12.6. The van der Waals surface area contributed by atoms with Crippen LogP contribution in [0.1, 0.15) is 24.4 Å². The molecule has 0 saturated heterocycles. The highest BCUT2D eigenvalue weighted by Crippen LogP contribution is 2.24. The maximum Gasteiger partial charge on any atom is 0.249 e. The van der Waals surface area contributed by atoms with Gasteiger partial charge in [-0.15, -0.1) is 0 Å². The van der Waals surface area contributed by atoms with Crippen LogP contribution in [0.15, 0.2) is 72.0 Å². The van der Waals surface area contributed by atoms with E-state index in [2.05, 4.69) is 20.1 Å². The van der Waals surface area contributed by atoms with Crippen molar-refractivity contribution in [3.05, 3.63) is 79.0 Å². The monoisotopic (exact) mass is 347 g/mol. The Morgan fingerprint density at radius 1 is 1.15 bits per heavy atom. The molecule has 0 radical (unpaired) electrons. The summed E-state index contributed by atoms with van der Waals surface area (Å²) in [7, 11) is 0. The molecule has 26 heavy (non-hydrogen) atoms. The minimum Gasteiger partial charge on any atom is -0.489 e. The summed E-state index contributed by atoms with van der Waals surface area (Å²) < 4.78 is 13.2. The lowest BCUT2D eigenvalue weighted by Gasteiger charge is -2.07. The first kappa shape index (κ1) is 16.0. The van der Waals surface area contributed by atoms with Crippen LogP contribution in [0.2, 0.25) is 0 Å². The molecular formula is C19H17N5O2. The van der Waals surface area contributed by atoms with Gasteiger partial charge in [0.05, 0.1) is 6.33 Å². The molecule has 0 amide bonds. The van der Waals surface area contributed by atoms with Crippen molar-refractivity contribution in [2.45, 2.75) is 19.6 Å². The maximum absolute atomic E-state index is 5.83. The minimum absolute atomic E-state index is 0.0798. The zero-order valence-electron chi connectivity index (χ0n) is 14.2. The van der Waals surface area contributed by atoms with Gasteiger partial charge in [-0.2, -0.15) is 4.98 Å². The molecule has 0 bridgehead atoms. The second-order valence-corrected chi connectivity index (χ2v) is 5.82. The third-order valence-electron chi connectivity index (χ3n) is 3.99. The van der Waals surface area contributed by atoms with Gasteiger partial charge in [0.1, 0.15) is 18.4 Å². The van der Waals surface area contributed by atoms with E-state index in [0.717, 1.165) is 16.9 Å². The van der Waals surface area contributed by atoms with E-state index in [1.54, 1.807) is 24.9 Å². The van der Waals surface area contributed by atoms with Crippen molar-refractivity contribution in [2.75, 3.05) is 0 Å². The summed E-state index contributed by atoms with van der Waals surface area (Å²) >= 11 is 0. The van der Waals surface area contributed by atoms with Gasteiger partial charge >= 0.3 is 0 Å². The van der Waals surface area contributed by atoms with Gasteiger partial charge in [0, 0.05) is 35.9 Å². The first-order chi connectivity index (χ1) is 12.8. The summed E-state index contributed by atoms with van der Waals surface area (Å²) in [6, 6.07) is 11.4. The van der Waals surface area contributed by atoms with Crippen molar-refractivity contribution in [3.8, 4) is 17.1 Å². The van der Waals surface area contributed by atoms with Crippen LogP contribution in [-0.2, 0) is 6.61 Å². The zero-order chi connectivity index (χ0) is 17.8. The van der Waals surface area contributed by atoms with Crippen LogP contribution in [0.25, 0.3) is 11.4 Å². The van der Waals surface area contributed by atoms with Crippen molar-refractivity contribution in [1.29, 1.82) is 0 Å². The number of pyridine rings is 1. The first-order valence-corrected chi connectivity index (χ1v) is 8.23. The Morgan fingerprint density at radius 2 is 2.12 bits per heavy atom. The smallest absolute Gasteiger partial charge is 0.249 e. The molecule has 0 N–H and O–H groups in total. The van der Waals surface area contributed by atoms with E-state index in [1.165, 1.54) is 0 Å². The molecule has 1 atom stereocenters. The van der Waals surface area contributed by atoms with E-state index < -0.39 is 0 Å². The average molecular weight is 347 g/mol. The van der Waals surface area contributed by atoms with Crippen LogP contribution in [0.5, 0.6) is 5.75 Å². The average Bonchev–Trinajstić information content (AvgIpc) is 3.39. The second kappa shape index (κ2) is 7.18. The van der Waals surface area contributed by atoms with E-state index >= 15 is 0 Å². The summed E-state index contributed by atoms with van der Waals surface area (Å²) in [5.74, 6) is 1.79. The Labute approximate surface area is 150 Å². The van der Waals surface area contributed by atoms with Gasteiger partial charge in [-0.1, -0.05) is 23.4 Å². The van der Waals surface area contributed by atoms with E-state index in [9.17, 15) is 0 Å². The maximum atomic E-state index is 5.83. The highest BCUT2D eigenvalue weighted by molar-refractivity contribution is 5.56. The van der Waals surface area contributed by atoms with Crippen LogP contribution < -0.4 is 4.74 Å². The molecule has 4 rings (SSSR count). The van der Waals surface area contributed by atoms with Crippen LogP contribution in [0.4, 0.5) is 0 Å². The molecule has 0 saturated carbocycles. The summed E-state index contributed by atoms with van der Waals surface area (Å²) in [5.41, 5.74) is 1.84. The molecule has 0 aliphatic rings. The number of nitrogens with zero attached hydrogens (tertiary/aromatic N) is 5. The predicted octanol–water partition coefficient (Wildman–Crippen LogP) is 3.52. The Balaban J connectivity index is 1.50. The van der Waals surface area contributed by atoms with Gasteiger partial charge in [0.15, 0.2) is 0 Å². The van der Waals surface area contributed by atoms with Crippen LogP contribution >= 0.6 is 0 Å². The van der Waals surface area contributed by atoms with Gasteiger partial charge in [-0.25, -0.2) is 4.98 Å². The topological polar surface area (TPSA) is 78.9 Å². The van der Waals surface area contributed by atoms with E-state index in [0.29, 0.717) is 18.3 Å². The van der Waals surface area contributed by atoms with Crippen LogP contribution in [0.3, 0.4) is 0 Å². The van der Waals surface area contributed by atoms with Crippen molar-refractivity contribution in [2.24, 2.45) is 0 Å².